The molecule has 1 aromatic rings. The summed E-state index contributed by atoms with van der Waals surface area (Å²) in [5, 5.41) is 5.26. The molecule has 0 aliphatic heterocycles. The summed E-state index contributed by atoms with van der Waals surface area (Å²) in [5.41, 5.74) is 21.9. The van der Waals surface area contributed by atoms with Crippen LogP contribution in [0.25, 0.3) is 0 Å². The third kappa shape index (κ3) is 36.9. The second-order valence-corrected chi connectivity index (χ2v) is 16.7. The molecule has 10 heteroatoms. The van der Waals surface area contributed by atoms with E-state index >= 15 is 0 Å². The largest absolute Gasteiger partial charge is 0.348 e. The number of hydrogen-bond acceptors (Lipinski definition) is 6. The molecule has 361 valence electrons. The average molecular weight is 939 g/mol. The maximum absolute atomic E-state index is 12.5. The predicted octanol–water partition coefficient (Wildman–Crippen LogP) is 11.5. The van der Waals surface area contributed by atoms with E-state index in [4.69, 9.17) is 11.5 Å². The van der Waals surface area contributed by atoms with Gasteiger partial charge in [-0.05, 0) is 128 Å². The summed E-state index contributed by atoms with van der Waals surface area (Å²) in [4.78, 5) is 42.5. The Kier molecular flexibility index (Phi) is 37.4. The minimum Gasteiger partial charge on any atom is -0.348 e. The van der Waals surface area contributed by atoms with Crippen LogP contribution in [0.4, 0.5) is 0 Å². The first-order valence-electron chi connectivity index (χ1n) is 22.6. The number of Topliss-reactive ketones (excluding diaryl/α,β-unsaturated/α-hetero) is 1. The molecule has 0 saturated carbocycles. The molecule has 1 radical (unpaired) electrons. The van der Waals surface area contributed by atoms with E-state index in [0.29, 0.717) is 18.7 Å². The number of allylic oxidation sites excluding steroid dienone is 26. The molecular weight excluding hydrogens is 856 g/mol. The predicted molar refractivity (Wildman–Crippen MR) is 274 cm³/mol. The van der Waals surface area contributed by atoms with Crippen LogP contribution < -0.4 is 22.1 Å². The van der Waals surface area contributed by atoms with Crippen LogP contribution >= 0.6 is 0 Å². The van der Waals surface area contributed by atoms with E-state index in [1.54, 1.807) is 6.20 Å². The van der Waals surface area contributed by atoms with Crippen LogP contribution in [0.3, 0.4) is 0 Å². The molecular formula is C55H82CuN6O3. The van der Waals surface area contributed by atoms with Crippen molar-refractivity contribution in [3.05, 3.63) is 172 Å². The smallest absolute Gasteiger partial charge is 0.243 e. The maximum atomic E-state index is 12.5. The molecule has 2 amide bonds. The van der Waals surface area contributed by atoms with Crippen LogP contribution in [0, 0.1) is 0 Å². The molecule has 0 bridgehead atoms. The number of unbranched alkanes of at least 4 members (excludes halogenated alkanes) is 1. The number of carbonyl (C=O) groups is 3. The molecule has 1 aromatic heterocycles. The molecule has 1 heterocycles. The number of ketones is 1. The van der Waals surface area contributed by atoms with Gasteiger partial charge in [0.15, 0.2) is 5.78 Å². The first kappa shape index (κ1) is 62.0. The van der Waals surface area contributed by atoms with E-state index in [2.05, 4.69) is 199 Å². The summed E-state index contributed by atoms with van der Waals surface area (Å²) in [6, 6.07) is -1.43. The van der Waals surface area contributed by atoms with Gasteiger partial charge in [-0.15, -0.1) is 0 Å². The van der Waals surface area contributed by atoms with E-state index in [9.17, 15) is 14.4 Å². The summed E-state index contributed by atoms with van der Waals surface area (Å²) >= 11 is 0. The molecule has 0 spiro atoms. The summed E-state index contributed by atoms with van der Waals surface area (Å²) in [5.74, 6) is -1.01. The Balaban J connectivity index is 0. The molecule has 0 unspecified atom stereocenters. The summed E-state index contributed by atoms with van der Waals surface area (Å²) in [6.07, 6.45) is 48.6. The van der Waals surface area contributed by atoms with Gasteiger partial charge in [0, 0.05) is 35.4 Å². The zero-order chi connectivity index (χ0) is 48.1. The van der Waals surface area contributed by atoms with Gasteiger partial charge in [-0.25, -0.2) is 4.98 Å². The van der Waals surface area contributed by atoms with Gasteiger partial charge < -0.3 is 27.1 Å². The van der Waals surface area contributed by atoms with Gasteiger partial charge in [-0.1, -0.05) is 154 Å². The van der Waals surface area contributed by atoms with E-state index in [-0.39, 0.29) is 35.8 Å². The molecule has 0 saturated heterocycles. The Morgan fingerprint density at radius 1 is 0.615 bits per heavy atom. The van der Waals surface area contributed by atoms with Gasteiger partial charge in [0.2, 0.25) is 11.8 Å². The zero-order valence-corrected chi connectivity index (χ0v) is 42.3. The van der Waals surface area contributed by atoms with Crippen molar-refractivity contribution in [3.63, 3.8) is 0 Å². The first-order chi connectivity index (χ1) is 30.5. The Morgan fingerprint density at radius 3 is 1.45 bits per heavy atom. The summed E-state index contributed by atoms with van der Waals surface area (Å²) < 4.78 is 0. The number of amides is 2. The number of nitrogens with two attached hydrogens (primary N) is 2. The molecule has 9 nitrogen and oxygen atoms in total. The second-order valence-electron chi connectivity index (χ2n) is 16.7. The van der Waals surface area contributed by atoms with E-state index in [1.165, 1.54) is 57.8 Å². The standard InChI is InChI=1S/C40H56.C15H26N6O3.Cu/c1-33(2)19-13-23-37(7)27-17-31-39(9)29-15-25-35(5)21-11-12-22-36(6)26-16-30-40(10)32-18-28-38(8)24-14-20-34(3)4;1-10(22)12(4-2-3-5-16)21-15(24)13(20-14(23)7-17)6-11-8-18-9-19-11;/h11-12,15-22,25-32H,13-14,23-24H2,1-10H3;8-9,12-13H,2-7,16-17H2,1H3,(H,18,19)(H,20,23)(H,21,24);/b12-11+,25-15+,26-16+,31-17+,32-18+,35-21+,36-22+,37-27+,38-28+,39-29+,40-30+;;/t;12-,13-;/m.0./s1. The quantitative estimate of drug-likeness (QED) is 0.0256. The van der Waals surface area contributed by atoms with Crippen molar-refractivity contribution < 1.29 is 31.5 Å². The van der Waals surface area contributed by atoms with Crippen molar-refractivity contribution in [3.8, 4) is 0 Å². The van der Waals surface area contributed by atoms with Crippen molar-refractivity contribution in [2.24, 2.45) is 11.5 Å². The molecule has 0 aliphatic rings. The van der Waals surface area contributed by atoms with Crippen molar-refractivity contribution in [1.82, 2.24) is 20.6 Å². The molecule has 7 N–H and O–H groups in total. The number of hydrogen-bond donors (Lipinski definition) is 5. The minimum atomic E-state index is -0.835. The van der Waals surface area contributed by atoms with Crippen LogP contribution in [0.5, 0.6) is 0 Å². The zero-order valence-electron chi connectivity index (χ0n) is 41.4. The number of aromatic amines is 1. The van der Waals surface area contributed by atoms with Gasteiger partial charge in [-0.3, -0.25) is 14.4 Å². The minimum absolute atomic E-state index is 0. The van der Waals surface area contributed by atoms with Gasteiger partial charge in [0.05, 0.1) is 18.9 Å². The topological polar surface area (TPSA) is 156 Å². The molecule has 2 atom stereocenters. The Labute approximate surface area is 404 Å². The molecule has 0 aliphatic carbocycles. The number of carbonyl (C=O) groups excluding carboxylic acids is 3. The fourth-order valence-electron chi connectivity index (χ4n) is 5.63. The molecule has 0 fully saturated rings. The van der Waals surface area contributed by atoms with Crippen molar-refractivity contribution in [1.29, 1.82) is 0 Å². The number of imidazole rings is 1. The third-order valence-electron chi connectivity index (χ3n) is 9.50. The van der Waals surface area contributed by atoms with E-state index in [1.807, 2.05) is 0 Å². The Morgan fingerprint density at radius 2 is 1.06 bits per heavy atom. The fraction of sp³-hybridized carbons (Fsp3) is 0.418. The number of nitrogens with one attached hydrogen (secondary N) is 3. The van der Waals surface area contributed by atoms with Crippen LogP contribution in [0.1, 0.15) is 127 Å². The van der Waals surface area contributed by atoms with Crippen LogP contribution in [0.15, 0.2) is 166 Å². The fourth-order valence-corrected chi connectivity index (χ4v) is 5.63. The van der Waals surface area contributed by atoms with Crippen LogP contribution in [-0.4, -0.2) is 52.7 Å². The van der Waals surface area contributed by atoms with Crippen LogP contribution in [0.2, 0.25) is 0 Å². The number of rotatable bonds is 27. The normalized spacial score (nSPS) is 14.1. The number of H-pyrrole nitrogens is 1. The Bertz CT molecular complexity index is 1860. The van der Waals surface area contributed by atoms with E-state index < -0.39 is 23.9 Å². The third-order valence-corrected chi connectivity index (χ3v) is 9.50. The number of nitrogens with zero attached hydrogens (tertiary/aromatic N) is 1. The van der Waals surface area contributed by atoms with Crippen molar-refractivity contribution >= 4 is 17.6 Å². The first-order valence-corrected chi connectivity index (χ1v) is 22.6. The van der Waals surface area contributed by atoms with Crippen molar-refractivity contribution in [2.75, 3.05) is 13.1 Å². The van der Waals surface area contributed by atoms with Crippen LogP contribution in [-0.2, 0) is 37.9 Å². The second kappa shape index (κ2) is 39.3. The van der Waals surface area contributed by atoms with Gasteiger partial charge in [0.1, 0.15) is 6.04 Å². The van der Waals surface area contributed by atoms with Crippen molar-refractivity contribution in [2.45, 2.75) is 140 Å². The maximum Gasteiger partial charge on any atom is 0.243 e. The Hall–Kier alpha value is -5.12. The van der Waals surface area contributed by atoms with Gasteiger partial charge in [-0.2, -0.15) is 0 Å². The number of aromatic nitrogens is 2. The monoisotopic (exact) mass is 938 g/mol. The molecule has 1 rings (SSSR count). The van der Waals surface area contributed by atoms with E-state index in [0.717, 1.165) is 38.5 Å². The SMILES string of the molecule is CC(=O)[C@H](CCCCN)NC(=O)[C@H](Cc1cnc[nH]1)NC(=O)CN.CC(C)=CCC/C(C)=C/C=C/C(C)=C/C=C/C(C)=C/C=C/C=C(C)/C=C/C=C(C)/C=C/C=C(\C)CCC=C(C)C.[Cu]. The molecule has 0 aromatic carbocycles. The summed E-state index contributed by atoms with van der Waals surface area (Å²) in [6.45, 7) is 23.2. The average Bonchev–Trinajstić information content (AvgIpc) is 3.75. The van der Waals surface area contributed by atoms with Gasteiger partial charge >= 0.3 is 0 Å². The van der Waals surface area contributed by atoms with Gasteiger partial charge in [0.25, 0.3) is 0 Å². The summed E-state index contributed by atoms with van der Waals surface area (Å²) in [7, 11) is 0. The molecule has 65 heavy (non-hydrogen) atoms.